The van der Waals surface area contributed by atoms with Gasteiger partial charge in [-0.3, -0.25) is 4.90 Å². The summed E-state index contributed by atoms with van der Waals surface area (Å²) in [6.45, 7) is 6.82. The molecule has 2 aromatic rings. The summed E-state index contributed by atoms with van der Waals surface area (Å²) in [5.41, 5.74) is 0. The van der Waals surface area contributed by atoms with Gasteiger partial charge in [-0.2, -0.15) is 4.98 Å². The van der Waals surface area contributed by atoms with Crippen molar-refractivity contribution in [1.29, 1.82) is 0 Å². The first-order chi connectivity index (χ1) is 9.74. The highest BCUT2D eigenvalue weighted by Crippen LogP contribution is 2.30. The standard InChI is InChI=1S/C13H19N5OS/c1-3-12-15-16-13(20-12)10-4-6-18(7-5-10)8-11-14-9(2)17-19-11/h10H,3-8H2,1-2H3. The molecule has 1 aliphatic rings. The molecule has 0 bridgehead atoms. The Kier molecular flexibility index (Phi) is 4.07. The van der Waals surface area contributed by atoms with Gasteiger partial charge in [-0.25, -0.2) is 0 Å². The number of aromatic nitrogens is 4. The van der Waals surface area contributed by atoms with Crippen LogP contribution in [0.3, 0.4) is 0 Å². The largest absolute Gasteiger partial charge is 0.338 e. The maximum atomic E-state index is 5.17. The molecule has 2 aromatic heterocycles. The topological polar surface area (TPSA) is 67.9 Å². The lowest BCUT2D eigenvalue weighted by Gasteiger charge is -2.29. The van der Waals surface area contributed by atoms with Gasteiger partial charge >= 0.3 is 0 Å². The van der Waals surface area contributed by atoms with Crippen LogP contribution >= 0.6 is 11.3 Å². The summed E-state index contributed by atoms with van der Waals surface area (Å²) in [6, 6.07) is 0. The Morgan fingerprint density at radius 1 is 1.30 bits per heavy atom. The second kappa shape index (κ2) is 5.97. The Hall–Kier alpha value is -1.34. The highest BCUT2D eigenvalue weighted by Gasteiger charge is 2.24. The minimum Gasteiger partial charge on any atom is -0.338 e. The third kappa shape index (κ3) is 3.04. The van der Waals surface area contributed by atoms with Crippen molar-refractivity contribution < 1.29 is 4.52 Å². The average Bonchev–Trinajstić information content (AvgIpc) is 3.09. The van der Waals surface area contributed by atoms with E-state index in [1.807, 2.05) is 6.92 Å². The first kappa shape index (κ1) is 13.6. The summed E-state index contributed by atoms with van der Waals surface area (Å²) >= 11 is 1.77. The third-order valence-electron chi connectivity index (χ3n) is 3.65. The second-order valence-electron chi connectivity index (χ2n) is 5.17. The molecule has 0 radical (unpaired) electrons. The van der Waals surface area contributed by atoms with Crippen LogP contribution in [0, 0.1) is 6.92 Å². The molecule has 0 aliphatic carbocycles. The van der Waals surface area contributed by atoms with Crippen LogP contribution in [-0.4, -0.2) is 38.3 Å². The zero-order valence-electron chi connectivity index (χ0n) is 11.9. The third-order valence-corrected chi connectivity index (χ3v) is 4.88. The average molecular weight is 293 g/mol. The molecule has 0 saturated carbocycles. The maximum Gasteiger partial charge on any atom is 0.240 e. The van der Waals surface area contributed by atoms with E-state index in [9.17, 15) is 0 Å². The lowest BCUT2D eigenvalue weighted by Crippen LogP contribution is -2.32. The molecule has 6 nitrogen and oxygen atoms in total. The minimum atomic E-state index is 0.563. The molecule has 7 heteroatoms. The van der Waals surface area contributed by atoms with Crippen molar-refractivity contribution in [2.45, 2.75) is 45.6 Å². The van der Waals surface area contributed by atoms with Gasteiger partial charge < -0.3 is 4.52 Å². The summed E-state index contributed by atoms with van der Waals surface area (Å²) in [7, 11) is 0. The van der Waals surface area contributed by atoms with Crippen LogP contribution in [0.25, 0.3) is 0 Å². The van der Waals surface area contributed by atoms with Gasteiger partial charge in [-0.05, 0) is 39.3 Å². The van der Waals surface area contributed by atoms with E-state index in [0.29, 0.717) is 17.6 Å². The van der Waals surface area contributed by atoms with E-state index in [2.05, 4.69) is 32.2 Å². The molecule has 1 saturated heterocycles. The summed E-state index contributed by atoms with van der Waals surface area (Å²) in [6.07, 6.45) is 3.24. The molecule has 0 spiro atoms. The summed E-state index contributed by atoms with van der Waals surface area (Å²) in [5, 5.41) is 14.7. The van der Waals surface area contributed by atoms with Gasteiger partial charge in [-0.1, -0.05) is 12.1 Å². The monoisotopic (exact) mass is 293 g/mol. The molecule has 0 aromatic carbocycles. The van der Waals surface area contributed by atoms with Crippen LogP contribution in [0.15, 0.2) is 4.52 Å². The molecule has 0 unspecified atom stereocenters. The number of likely N-dealkylation sites (tertiary alicyclic amines) is 1. The van der Waals surface area contributed by atoms with E-state index >= 15 is 0 Å². The van der Waals surface area contributed by atoms with Crippen molar-refractivity contribution in [1.82, 2.24) is 25.2 Å². The molecule has 3 heterocycles. The normalized spacial score (nSPS) is 17.7. The SMILES string of the molecule is CCc1nnc(C2CCN(Cc3nc(C)no3)CC2)s1. The Morgan fingerprint density at radius 3 is 2.70 bits per heavy atom. The van der Waals surface area contributed by atoms with Gasteiger partial charge in [0.15, 0.2) is 5.82 Å². The van der Waals surface area contributed by atoms with Crippen LogP contribution in [0.1, 0.15) is 47.4 Å². The minimum absolute atomic E-state index is 0.563. The van der Waals surface area contributed by atoms with Crippen molar-refractivity contribution >= 4 is 11.3 Å². The summed E-state index contributed by atoms with van der Waals surface area (Å²) in [4.78, 5) is 6.62. The number of hydrogen-bond acceptors (Lipinski definition) is 7. The van der Waals surface area contributed by atoms with Gasteiger partial charge in [0.2, 0.25) is 5.89 Å². The van der Waals surface area contributed by atoms with Crippen molar-refractivity contribution in [3.05, 3.63) is 21.7 Å². The van der Waals surface area contributed by atoms with Crippen LogP contribution in [0.5, 0.6) is 0 Å². The molecule has 0 amide bonds. The van der Waals surface area contributed by atoms with E-state index in [0.717, 1.165) is 43.9 Å². The molecular weight excluding hydrogens is 274 g/mol. The Balaban J connectivity index is 1.54. The van der Waals surface area contributed by atoms with Crippen LogP contribution in [0.2, 0.25) is 0 Å². The van der Waals surface area contributed by atoms with Crippen molar-refractivity contribution in [3.8, 4) is 0 Å². The zero-order valence-corrected chi connectivity index (χ0v) is 12.7. The highest BCUT2D eigenvalue weighted by atomic mass is 32.1. The summed E-state index contributed by atoms with van der Waals surface area (Å²) < 4.78 is 5.17. The fourth-order valence-corrected chi connectivity index (χ4v) is 3.46. The van der Waals surface area contributed by atoms with Gasteiger partial charge in [-0.15, -0.1) is 21.5 Å². The smallest absolute Gasteiger partial charge is 0.240 e. The van der Waals surface area contributed by atoms with Crippen LogP contribution in [0.4, 0.5) is 0 Å². The first-order valence-electron chi connectivity index (χ1n) is 7.08. The quantitative estimate of drug-likeness (QED) is 0.860. The lowest BCUT2D eigenvalue weighted by atomic mass is 9.98. The highest BCUT2D eigenvalue weighted by molar-refractivity contribution is 7.11. The second-order valence-corrected chi connectivity index (χ2v) is 6.27. The van der Waals surface area contributed by atoms with E-state index in [-0.39, 0.29) is 0 Å². The summed E-state index contributed by atoms with van der Waals surface area (Å²) in [5.74, 6) is 1.98. The van der Waals surface area contributed by atoms with Crippen molar-refractivity contribution in [2.24, 2.45) is 0 Å². The van der Waals surface area contributed by atoms with E-state index in [1.165, 1.54) is 5.01 Å². The van der Waals surface area contributed by atoms with E-state index in [4.69, 9.17) is 4.52 Å². The van der Waals surface area contributed by atoms with Gasteiger partial charge in [0.1, 0.15) is 10.0 Å². The molecular formula is C13H19N5OS. The molecule has 20 heavy (non-hydrogen) atoms. The number of nitrogens with zero attached hydrogens (tertiary/aromatic N) is 5. The Bertz CT molecular complexity index is 559. The number of piperidine rings is 1. The van der Waals surface area contributed by atoms with E-state index < -0.39 is 0 Å². The van der Waals surface area contributed by atoms with Crippen molar-refractivity contribution in [2.75, 3.05) is 13.1 Å². The molecule has 1 aliphatic heterocycles. The van der Waals surface area contributed by atoms with Crippen molar-refractivity contribution in [3.63, 3.8) is 0 Å². The molecule has 108 valence electrons. The first-order valence-corrected chi connectivity index (χ1v) is 7.90. The molecule has 0 N–H and O–H groups in total. The predicted octanol–water partition coefficient (Wildman–Crippen LogP) is 2.17. The van der Waals surface area contributed by atoms with Gasteiger partial charge in [0.05, 0.1) is 6.54 Å². The Morgan fingerprint density at radius 2 is 2.10 bits per heavy atom. The number of aryl methyl sites for hydroxylation is 2. The molecule has 0 atom stereocenters. The van der Waals surface area contributed by atoms with E-state index in [1.54, 1.807) is 11.3 Å². The zero-order chi connectivity index (χ0) is 13.9. The fraction of sp³-hybridized carbons (Fsp3) is 0.692. The number of hydrogen-bond donors (Lipinski definition) is 0. The fourth-order valence-electron chi connectivity index (χ4n) is 2.51. The lowest BCUT2D eigenvalue weighted by molar-refractivity contribution is 0.180. The molecule has 1 fully saturated rings. The molecule has 3 rings (SSSR count). The number of rotatable bonds is 4. The van der Waals surface area contributed by atoms with Crippen LogP contribution in [-0.2, 0) is 13.0 Å². The predicted molar refractivity (Wildman–Crippen MR) is 75.6 cm³/mol. The Labute approximate surface area is 122 Å². The van der Waals surface area contributed by atoms with Crippen LogP contribution < -0.4 is 0 Å². The van der Waals surface area contributed by atoms with Gasteiger partial charge in [0.25, 0.3) is 0 Å². The van der Waals surface area contributed by atoms with Gasteiger partial charge in [0, 0.05) is 5.92 Å². The maximum absolute atomic E-state index is 5.17.